The van der Waals surface area contributed by atoms with Crippen molar-refractivity contribution in [1.82, 2.24) is 9.97 Å². The molecule has 1 amide bonds. The van der Waals surface area contributed by atoms with Crippen LogP contribution in [0.3, 0.4) is 0 Å². The van der Waals surface area contributed by atoms with Crippen molar-refractivity contribution in [1.29, 1.82) is 0 Å². The van der Waals surface area contributed by atoms with Crippen LogP contribution in [0.1, 0.15) is 33.6 Å². The number of nitrogens with one attached hydrogen (secondary N) is 1. The molecule has 0 spiro atoms. The van der Waals surface area contributed by atoms with Crippen LogP contribution in [0.4, 0.5) is 5.69 Å². The molecule has 0 atom stereocenters. The van der Waals surface area contributed by atoms with Gasteiger partial charge in [0.05, 0.1) is 23.6 Å². The second kappa shape index (κ2) is 6.64. The highest BCUT2D eigenvalue weighted by atomic mass is 32.1. The van der Waals surface area contributed by atoms with Gasteiger partial charge >= 0.3 is 0 Å². The van der Waals surface area contributed by atoms with E-state index in [0.717, 1.165) is 30.4 Å². The molecule has 1 aliphatic carbocycles. The highest BCUT2D eigenvalue weighted by molar-refractivity contribution is 7.10. The molecule has 126 valence electrons. The van der Waals surface area contributed by atoms with Gasteiger partial charge in [-0.3, -0.25) is 4.79 Å². The SMILES string of the molecule is O=C(Nc1cnc(-c2cccc(O)c2)nc1)c1csc2c1CCCC2. The Kier molecular flexibility index (Phi) is 4.19. The molecule has 6 heteroatoms. The molecule has 0 saturated carbocycles. The van der Waals surface area contributed by atoms with Crippen LogP contribution in [0.15, 0.2) is 42.0 Å². The normalized spacial score (nSPS) is 13.3. The Hall–Kier alpha value is -2.73. The van der Waals surface area contributed by atoms with Gasteiger partial charge in [-0.15, -0.1) is 11.3 Å². The van der Waals surface area contributed by atoms with Gasteiger partial charge in [-0.05, 0) is 43.4 Å². The predicted octanol–water partition coefficient (Wildman–Crippen LogP) is 4.04. The summed E-state index contributed by atoms with van der Waals surface area (Å²) in [4.78, 5) is 22.4. The van der Waals surface area contributed by atoms with Crippen LogP contribution in [-0.4, -0.2) is 21.0 Å². The summed E-state index contributed by atoms with van der Waals surface area (Å²) in [6, 6.07) is 6.76. The Morgan fingerprint density at radius 3 is 2.76 bits per heavy atom. The van der Waals surface area contributed by atoms with E-state index in [9.17, 15) is 9.90 Å². The molecule has 0 unspecified atom stereocenters. The van der Waals surface area contributed by atoms with E-state index in [1.807, 2.05) is 11.4 Å². The summed E-state index contributed by atoms with van der Waals surface area (Å²) in [5, 5.41) is 14.4. The largest absolute Gasteiger partial charge is 0.508 e. The van der Waals surface area contributed by atoms with E-state index in [-0.39, 0.29) is 11.7 Å². The van der Waals surface area contributed by atoms with Gasteiger partial charge < -0.3 is 10.4 Å². The van der Waals surface area contributed by atoms with Crippen molar-refractivity contribution in [3.63, 3.8) is 0 Å². The number of aromatic nitrogens is 2. The lowest BCUT2D eigenvalue weighted by Gasteiger charge is -2.12. The highest BCUT2D eigenvalue weighted by Gasteiger charge is 2.20. The molecule has 4 rings (SSSR count). The van der Waals surface area contributed by atoms with Crippen molar-refractivity contribution >= 4 is 22.9 Å². The fraction of sp³-hybridized carbons (Fsp3) is 0.211. The topological polar surface area (TPSA) is 75.1 Å². The number of hydrogen-bond acceptors (Lipinski definition) is 5. The Labute approximate surface area is 149 Å². The zero-order valence-electron chi connectivity index (χ0n) is 13.5. The Morgan fingerprint density at radius 2 is 1.96 bits per heavy atom. The molecule has 0 bridgehead atoms. The fourth-order valence-electron chi connectivity index (χ4n) is 3.07. The molecule has 0 aliphatic heterocycles. The number of nitrogens with zero attached hydrogens (tertiary/aromatic N) is 2. The maximum Gasteiger partial charge on any atom is 0.256 e. The summed E-state index contributed by atoms with van der Waals surface area (Å²) in [5.74, 6) is 0.565. The van der Waals surface area contributed by atoms with Crippen molar-refractivity contribution in [3.05, 3.63) is 58.0 Å². The third-order valence-electron chi connectivity index (χ3n) is 4.32. The van der Waals surface area contributed by atoms with Gasteiger partial charge in [0.1, 0.15) is 5.75 Å². The zero-order chi connectivity index (χ0) is 17.2. The second-order valence-electron chi connectivity index (χ2n) is 6.06. The van der Waals surface area contributed by atoms with Crippen molar-refractivity contribution in [2.75, 3.05) is 5.32 Å². The standard InChI is InChI=1S/C19H17N3O2S/c23-14-5-3-4-12(8-14)18-20-9-13(10-21-18)22-19(24)16-11-25-17-7-2-1-6-15(16)17/h3-5,8-11,23H,1-2,6-7H2,(H,22,24). The van der Waals surface area contributed by atoms with Crippen LogP contribution in [-0.2, 0) is 12.8 Å². The minimum Gasteiger partial charge on any atom is -0.508 e. The van der Waals surface area contributed by atoms with Crippen LogP contribution < -0.4 is 5.32 Å². The van der Waals surface area contributed by atoms with Crippen LogP contribution in [0, 0.1) is 0 Å². The third-order valence-corrected chi connectivity index (χ3v) is 5.41. The maximum absolute atomic E-state index is 12.6. The maximum atomic E-state index is 12.6. The molecule has 2 heterocycles. The number of aryl methyl sites for hydroxylation is 1. The molecule has 0 saturated heterocycles. The van der Waals surface area contributed by atoms with Gasteiger partial charge in [0.15, 0.2) is 5.82 Å². The van der Waals surface area contributed by atoms with Gasteiger partial charge in [-0.25, -0.2) is 9.97 Å². The van der Waals surface area contributed by atoms with E-state index < -0.39 is 0 Å². The van der Waals surface area contributed by atoms with Crippen LogP contribution in [0.2, 0.25) is 0 Å². The quantitative estimate of drug-likeness (QED) is 0.747. The lowest BCUT2D eigenvalue weighted by Crippen LogP contribution is -2.15. The third kappa shape index (κ3) is 3.25. The van der Waals surface area contributed by atoms with Crippen molar-refractivity contribution < 1.29 is 9.90 Å². The zero-order valence-corrected chi connectivity index (χ0v) is 14.3. The van der Waals surface area contributed by atoms with Crippen LogP contribution in [0.5, 0.6) is 5.75 Å². The first-order chi connectivity index (χ1) is 12.2. The number of aromatic hydroxyl groups is 1. The molecule has 25 heavy (non-hydrogen) atoms. The van der Waals surface area contributed by atoms with E-state index in [1.165, 1.54) is 16.9 Å². The number of phenolic OH excluding ortho intramolecular Hbond substituents is 1. The molecular weight excluding hydrogens is 334 g/mol. The highest BCUT2D eigenvalue weighted by Crippen LogP contribution is 2.30. The van der Waals surface area contributed by atoms with E-state index >= 15 is 0 Å². The number of hydrogen-bond donors (Lipinski definition) is 2. The number of benzene rings is 1. The molecule has 0 fully saturated rings. The van der Waals surface area contributed by atoms with Crippen molar-refractivity contribution in [2.24, 2.45) is 0 Å². The average molecular weight is 351 g/mol. The summed E-state index contributed by atoms with van der Waals surface area (Å²) in [7, 11) is 0. The summed E-state index contributed by atoms with van der Waals surface area (Å²) < 4.78 is 0. The van der Waals surface area contributed by atoms with Gasteiger partial charge in [0, 0.05) is 15.8 Å². The monoisotopic (exact) mass is 351 g/mol. The molecular formula is C19H17N3O2S. The second-order valence-corrected chi connectivity index (χ2v) is 7.02. The number of thiophene rings is 1. The van der Waals surface area contributed by atoms with Crippen LogP contribution in [0.25, 0.3) is 11.4 Å². The summed E-state index contributed by atoms with van der Waals surface area (Å²) >= 11 is 1.68. The number of carbonyl (C=O) groups excluding carboxylic acids is 1. The Balaban J connectivity index is 1.51. The lowest BCUT2D eigenvalue weighted by atomic mass is 9.95. The fourth-order valence-corrected chi connectivity index (χ4v) is 4.20. The minimum atomic E-state index is -0.104. The molecule has 5 nitrogen and oxygen atoms in total. The number of carbonyl (C=O) groups is 1. The smallest absolute Gasteiger partial charge is 0.256 e. The number of rotatable bonds is 3. The average Bonchev–Trinajstić information content (AvgIpc) is 3.06. The summed E-state index contributed by atoms with van der Waals surface area (Å²) in [5.41, 5.74) is 3.26. The molecule has 2 aromatic heterocycles. The molecule has 1 aliphatic rings. The first-order valence-corrected chi connectivity index (χ1v) is 9.11. The first-order valence-electron chi connectivity index (χ1n) is 8.23. The number of amides is 1. The number of fused-ring (bicyclic) bond motifs is 1. The van der Waals surface area contributed by atoms with Gasteiger partial charge in [0.2, 0.25) is 0 Å². The van der Waals surface area contributed by atoms with E-state index in [1.54, 1.807) is 41.9 Å². The van der Waals surface area contributed by atoms with E-state index in [4.69, 9.17) is 0 Å². The number of anilines is 1. The molecule has 1 aromatic carbocycles. The molecule has 2 N–H and O–H groups in total. The van der Waals surface area contributed by atoms with Crippen LogP contribution >= 0.6 is 11.3 Å². The van der Waals surface area contributed by atoms with Crippen molar-refractivity contribution in [2.45, 2.75) is 25.7 Å². The predicted molar refractivity (Wildman–Crippen MR) is 98.0 cm³/mol. The lowest BCUT2D eigenvalue weighted by molar-refractivity contribution is 0.102. The molecule has 3 aromatic rings. The van der Waals surface area contributed by atoms with E-state index in [0.29, 0.717) is 11.5 Å². The van der Waals surface area contributed by atoms with E-state index in [2.05, 4.69) is 15.3 Å². The van der Waals surface area contributed by atoms with Gasteiger partial charge in [-0.1, -0.05) is 12.1 Å². The minimum absolute atomic E-state index is 0.104. The Bertz CT molecular complexity index is 919. The first kappa shape index (κ1) is 15.8. The van der Waals surface area contributed by atoms with Gasteiger partial charge in [-0.2, -0.15) is 0 Å². The molecule has 0 radical (unpaired) electrons. The summed E-state index contributed by atoms with van der Waals surface area (Å²) in [6.07, 6.45) is 7.58. The number of phenols is 1. The van der Waals surface area contributed by atoms with Crippen molar-refractivity contribution in [3.8, 4) is 17.1 Å². The van der Waals surface area contributed by atoms with Gasteiger partial charge in [0.25, 0.3) is 5.91 Å². The summed E-state index contributed by atoms with van der Waals surface area (Å²) in [6.45, 7) is 0. The Morgan fingerprint density at radius 1 is 1.16 bits per heavy atom.